The molecule has 0 atom stereocenters. The number of carbonyl (C=O) groups excluding carboxylic acids is 2. The third-order valence-electron chi connectivity index (χ3n) is 5.07. The molecule has 0 aromatic heterocycles. The largest absolute Gasteiger partial charge is 0.486 e. The number of hydrogen-bond donors (Lipinski definition) is 3. The van der Waals surface area contributed by atoms with E-state index in [1.54, 1.807) is 30.3 Å². The van der Waals surface area contributed by atoms with Crippen LogP contribution in [0.2, 0.25) is 0 Å². The highest BCUT2D eigenvalue weighted by molar-refractivity contribution is 7.92. The maximum atomic E-state index is 12.7. The van der Waals surface area contributed by atoms with Gasteiger partial charge in [0, 0.05) is 36.3 Å². The molecule has 1 aliphatic carbocycles. The second-order valence-electron chi connectivity index (χ2n) is 7.71. The van der Waals surface area contributed by atoms with E-state index in [2.05, 4.69) is 15.4 Å². The van der Waals surface area contributed by atoms with E-state index in [4.69, 9.17) is 9.47 Å². The molecule has 2 aromatic rings. The fourth-order valence-corrected chi connectivity index (χ4v) is 4.27. The molecular weight excluding hydrogens is 434 g/mol. The molecule has 1 aliphatic heterocycles. The number of benzene rings is 2. The average Bonchev–Trinajstić information content (AvgIpc) is 3.63. The van der Waals surface area contributed by atoms with Crippen LogP contribution in [0.1, 0.15) is 25.7 Å². The molecule has 0 spiro atoms. The molecule has 0 radical (unpaired) electrons. The first-order valence-electron chi connectivity index (χ1n) is 10.5. The Bertz CT molecular complexity index is 1100. The van der Waals surface area contributed by atoms with Crippen molar-refractivity contribution in [2.24, 2.45) is 5.92 Å². The fraction of sp³-hybridized carbons (Fsp3) is 0.364. The van der Waals surface area contributed by atoms with Gasteiger partial charge in [-0.2, -0.15) is 0 Å². The lowest BCUT2D eigenvalue weighted by Crippen LogP contribution is -2.26. The zero-order valence-corrected chi connectivity index (χ0v) is 18.2. The number of fused-ring (bicyclic) bond motifs is 1. The van der Waals surface area contributed by atoms with Gasteiger partial charge in [0.2, 0.25) is 11.8 Å². The SMILES string of the molecule is O=C(CCCNC(=O)C1CC1)Nc1ccc(NS(=O)(=O)c2ccc3c(c2)OCCO3)cc1. The van der Waals surface area contributed by atoms with Gasteiger partial charge < -0.3 is 20.1 Å². The van der Waals surface area contributed by atoms with Crippen molar-refractivity contribution < 1.29 is 27.5 Å². The summed E-state index contributed by atoms with van der Waals surface area (Å²) in [6.45, 7) is 1.27. The van der Waals surface area contributed by atoms with Crippen molar-refractivity contribution in [2.45, 2.75) is 30.6 Å². The summed E-state index contributed by atoms with van der Waals surface area (Å²) in [5, 5.41) is 5.59. The Balaban J connectivity index is 1.27. The molecule has 2 amide bonds. The molecular formula is C22H25N3O6S. The van der Waals surface area contributed by atoms with E-state index >= 15 is 0 Å². The lowest BCUT2D eigenvalue weighted by molar-refractivity contribution is -0.122. The quantitative estimate of drug-likeness (QED) is 0.495. The topological polar surface area (TPSA) is 123 Å². The van der Waals surface area contributed by atoms with Gasteiger partial charge in [0.25, 0.3) is 10.0 Å². The van der Waals surface area contributed by atoms with Crippen molar-refractivity contribution in [3.63, 3.8) is 0 Å². The van der Waals surface area contributed by atoms with E-state index in [1.165, 1.54) is 12.1 Å². The van der Waals surface area contributed by atoms with Gasteiger partial charge >= 0.3 is 0 Å². The standard InChI is InChI=1S/C22H25N3O6S/c26-21(2-1-11-23-22(27)15-3-4-15)24-16-5-7-17(8-6-16)25-32(28,29)18-9-10-19-20(14-18)31-13-12-30-19/h5-10,14-15,25H,1-4,11-13H2,(H,23,27)(H,24,26). The van der Waals surface area contributed by atoms with Crippen molar-refractivity contribution in [3.05, 3.63) is 42.5 Å². The van der Waals surface area contributed by atoms with E-state index in [9.17, 15) is 18.0 Å². The van der Waals surface area contributed by atoms with Gasteiger partial charge in [0.1, 0.15) is 13.2 Å². The Labute approximate surface area is 186 Å². The number of amides is 2. The first-order chi connectivity index (χ1) is 15.4. The Hall–Kier alpha value is -3.27. The van der Waals surface area contributed by atoms with Crippen LogP contribution in [-0.4, -0.2) is 40.0 Å². The molecule has 32 heavy (non-hydrogen) atoms. The molecule has 1 heterocycles. The highest BCUT2D eigenvalue weighted by atomic mass is 32.2. The third kappa shape index (κ3) is 5.70. The Morgan fingerprint density at radius 3 is 2.34 bits per heavy atom. The van der Waals surface area contributed by atoms with Crippen LogP contribution in [0, 0.1) is 5.92 Å². The molecule has 9 nitrogen and oxygen atoms in total. The van der Waals surface area contributed by atoms with Gasteiger partial charge in [0.05, 0.1) is 4.90 Å². The summed E-state index contributed by atoms with van der Waals surface area (Å²) < 4.78 is 38.7. The first kappa shape index (κ1) is 21.9. The normalized spacial score (nSPS) is 15.0. The summed E-state index contributed by atoms with van der Waals surface area (Å²) >= 11 is 0. The number of rotatable bonds is 9. The van der Waals surface area contributed by atoms with Crippen LogP contribution in [0.4, 0.5) is 11.4 Å². The summed E-state index contributed by atoms with van der Waals surface area (Å²) in [5.41, 5.74) is 0.917. The van der Waals surface area contributed by atoms with Crippen LogP contribution < -0.4 is 24.8 Å². The maximum absolute atomic E-state index is 12.7. The molecule has 1 fully saturated rings. The van der Waals surface area contributed by atoms with Gasteiger partial charge in [0.15, 0.2) is 11.5 Å². The van der Waals surface area contributed by atoms with Crippen LogP contribution in [0.15, 0.2) is 47.4 Å². The number of ether oxygens (including phenoxy) is 2. The number of nitrogens with one attached hydrogen (secondary N) is 3. The molecule has 4 rings (SSSR count). The number of hydrogen-bond acceptors (Lipinski definition) is 6. The average molecular weight is 460 g/mol. The van der Waals surface area contributed by atoms with Crippen molar-refractivity contribution >= 4 is 33.2 Å². The van der Waals surface area contributed by atoms with Gasteiger partial charge in [-0.15, -0.1) is 0 Å². The van der Waals surface area contributed by atoms with Gasteiger partial charge in [-0.1, -0.05) is 0 Å². The van der Waals surface area contributed by atoms with Crippen molar-refractivity contribution in [2.75, 3.05) is 29.8 Å². The predicted octanol–water partition coefficient (Wildman–Crippen LogP) is 2.50. The highest BCUT2D eigenvalue weighted by Crippen LogP contribution is 2.33. The minimum Gasteiger partial charge on any atom is -0.486 e. The zero-order chi connectivity index (χ0) is 22.6. The molecule has 170 valence electrons. The minimum absolute atomic E-state index is 0.0629. The maximum Gasteiger partial charge on any atom is 0.262 e. The van der Waals surface area contributed by atoms with Crippen molar-refractivity contribution in [1.82, 2.24) is 5.32 Å². The van der Waals surface area contributed by atoms with Crippen LogP contribution in [0.5, 0.6) is 11.5 Å². The van der Waals surface area contributed by atoms with Crippen molar-refractivity contribution in [3.8, 4) is 11.5 Å². The van der Waals surface area contributed by atoms with E-state index in [1.807, 2.05) is 0 Å². The second-order valence-corrected chi connectivity index (χ2v) is 9.39. The smallest absolute Gasteiger partial charge is 0.262 e. The molecule has 0 unspecified atom stereocenters. The molecule has 2 aromatic carbocycles. The van der Waals surface area contributed by atoms with E-state index in [-0.39, 0.29) is 29.0 Å². The Kier molecular flexibility index (Phi) is 6.50. The zero-order valence-electron chi connectivity index (χ0n) is 17.4. The molecule has 0 saturated heterocycles. The summed E-state index contributed by atoms with van der Waals surface area (Å²) in [6.07, 6.45) is 2.74. The van der Waals surface area contributed by atoms with E-state index < -0.39 is 10.0 Å². The monoisotopic (exact) mass is 459 g/mol. The molecule has 2 aliphatic rings. The fourth-order valence-electron chi connectivity index (χ4n) is 3.20. The number of carbonyl (C=O) groups is 2. The number of sulfonamides is 1. The Morgan fingerprint density at radius 2 is 1.62 bits per heavy atom. The molecule has 3 N–H and O–H groups in total. The van der Waals surface area contributed by atoms with Crippen LogP contribution in [0.3, 0.4) is 0 Å². The summed E-state index contributed by atoms with van der Waals surface area (Å²) in [6, 6.07) is 10.8. The Morgan fingerprint density at radius 1 is 0.938 bits per heavy atom. The van der Waals surface area contributed by atoms with Crippen LogP contribution >= 0.6 is 0 Å². The summed E-state index contributed by atoms with van der Waals surface area (Å²) in [5.74, 6) is 0.967. The van der Waals surface area contributed by atoms with Crippen LogP contribution in [-0.2, 0) is 19.6 Å². The predicted molar refractivity (Wildman–Crippen MR) is 118 cm³/mol. The van der Waals surface area contributed by atoms with Gasteiger partial charge in [-0.05, 0) is 55.7 Å². The second kappa shape index (κ2) is 9.47. The van der Waals surface area contributed by atoms with E-state index in [0.717, 1.165) is 12.8 Å². The molecule has 1 saturated carbocycles. The summed E-state index contributed by atoms with van der Waals surface area (Å²) in [4.78, 5) is 23.7. The highest BCUT2D eigenvalue weighted by Gasteiger charge is 2.29. The third-order valence-corrected chi connectivity index (χ3v) is 6.45. The van der Waals surface area contributed by atoms with E-state index in [0.29, 0.717) is 49.1 Å². The number of anilines is 2. The van der Waals surface area contributed by atoms with Gasteiger partial charge in [-0.25, -0.2) is 8.42 Å². The lowest BCUT2D eigenvalue weighted by Gasteiger charge is -2.19. The molecule has 0 bridgehead atoms. The van der Waals surface area contributed by atoms with Gasteiger partial charge in [-0.3, -0.25) is 14.3 Å². The first-order valence-corrected chi connectivity index (χ1v) is 12.0. The molecule has 10 heteroatoms. The minimum atomic E-state index is -3.81. The van der Waals surface area contributed by atoms with Crippen molar-refractivity contribution in [1.29, 1.82) is 0 Å². The lowest BCUT2D eigenvalue weighted by atomic mass is 10.2. The van der Waals surface area contributed by atoms with Crippen LogP contribution in [0.25, 0.3) is 0 Å². The summed E-state index contributed by atoms with van der Waals surface area (Å²) in [7, 11) is -3.81.